The molecule has 6 heteroatoms. The van der Waals surface area contributed by atoms with Gasteiger partial charge in [0.25, 0.3) is 11.8 Å². The first-order valence-corrected chi connectivity index (χ1v) is 9.45. The largest absolute Gasteiger partial charge is 0.359 e. The van der Waals surface area contributed by atoms with E-state index in [2.05, 4.69) is 15.3 Å². The lowest BCUT2D eigenvalue weighted by atomic mass is 10.1. The van der Waals surface area contributed by atoms with E-state index >= 15 is 0 Å². The van der Waals surface area contributed by atoms with Gasteiger partial charge in [-0.25, -0.2) is 4.98 Å². The average Bonchev–Trinajstić information content (AvgIpc) is 3.18. The van der Waals surface area contributed by atoms with Crippen molar-refractivity contribution in [3.8, 4) is 0 Å². The van der Waals surface area contributed by atoms with Gasteiger partial charge in [0.1, 0.15) is 11.5 Å². The Morgan fingerprint density at radius 1 is 1.17 bits per heavy atom. The number of carbonyl (C=O) groups excluding carboxylic acids is 2. The first-order chi connectivity index (χ1) is 14.0. The quantitative estimate of drug-likeness (QED) is 0.674. The third kappa shape index (κ3) is 3.45. The SMILES string of the molecule is CNC(=O)c1ccc2c(n1)N(Cc1ccccc1)C(=O)/C2=C\c1[nH]c(C)cc1C. The molecule has 1 aromatic carbocycles. The summed E-state index contributed by atoms with van der Waals surface area (Å²) in [7, 11) is 1.56. The van der Waals surface area contributed by atoms with Gasteiger partial charge in [0.2, 0.25) is 0 Å². The number of carbonyl (C=O) groups is 2. The standard InChI is InChI=1S/C23H22N4O2/c1-14-11-15(2)25-20(14)12-18-17-9-10-19(22(28)24-3)26-21(17)27(23(18)29)13-16-7-5-4-6-8-16/h4-12,25H,13H2,1-3H3,(H,24,28)/b18-12-. The molecule has 0 spiro atoms. The smallest absolute Gasteiger partial charge is 0.269 e. The molecule has 3 aromatic rings. The zero-order chi connectivity index (χ0) is 20.5. The Kier molecular flexibility index (Phi) is 4.76. The van der Waals surface area contributed by atoms with Crippen LogP contribution in [0.4, 0.5) is 5.82 Å². The molecule has 0 atom stereocenters. The fourth-order valence-corrected chi connectivity index (χ4v) is 3.57. The molecule has 0 bridgehead atoms. The van der Waals surface area contributed by atoms with Gasteiger partial charge in [-0.15, -0.1) is 0 Å². The topological polar surface area (TPSA) is 78.1 Å². The van der Waals surface area contributed by atoms with Crippen molar-refractivity contribution in [2.24, 2.45) is 0 Å². The van der Waals surface area contributed by atoms with E-state index in [0.29, 0.717) is 17.9 Å². The molecule has 0 saturated heterocycles. The highest BCUT2D eigenvalue weighted by Gasteiger charge is 2.34. The van der Waals surface area contributed by atoms with Crippen LogP contribution in [0.1, 0.15) is 38.6 Å². The number of fused-ring (bicyclic) bond motifs is 1. The monoisotopic (exact) mass is 386 g/mol. The van der Waals surface area contributed by atoms with E-state index in [1.807, 2.05) is 56.3 Å². The fourth-order valence-electron chi connectivity index (χ4n) is 3.57. The molecule has 1 aliphatic heterocycles. The minimum Gasteiger partial charge on any atom is -0.359 e. The van der Waals surface area contributed by atoms with Gasteiger partial charge in [-0.2, -0.15) is 0 Å². The van der Waals surface area contributed by atoms with Gasteiger partial charge in [0, 0.05) is 24.0 Å². The first-order valence-electron chi connectivity index (χ1n) is 9.45. The highest BCUT2D eigenvalue weighted by atomic mass is 16.2. The molecular weight excluding hydrogens is 364 g/mol. The summed E-state index contributed by atoms with van der Waals surface area (Å²) in [5, 5.41) is 2.58. The van der Waals surface area contributed by atoms with Gasteiger partial charge in [0.05, 0.1) is 12.1 Å². The van der Waals surface area contributed by atoms with Gasteiger partial charge in [-0.1, -0.05) is 30.3 Å². The van der Waals surface area contributed by atoms with Crippen LogP contribution in [0, 0.1) is 13.8 Å². The lowest BCUT2D eigenvalue weighted by Gasteiger charge is -2.16. The number of nitrogens with one attached hydrogen (secondary N) is 2. The summed E-state index contributed by atoms with van der Waals surface area (Å²) in [5.74, 6) is 0.0948. The van der Waals surface area contributed by atoms with Gasteiger partial charge in [-0.05, 0) is 49.2 Å². The van der Waals surface area contributed by atoms with Crippen LogP contribution in [-0.4, -0.2) is 28.8 Å². The van der Waals surface area contributed by atoms with Crippen LogP contribution in [-0.2, 0) is 11.3 Å². The highest BCUT2D eigenvalue weighted by Crippen LogP contribution is 2.37. The maximum atomic E-state index is 13.3. The molecular formula is C23H22N4O2. The second-order valence-corrected chi connectivity index (χ2v) is 7.13. The number of aryl methyl sites for hydroxylation is 2. The number of H-pyrrole nitrogens is 1. The van der Waals surface area contributed by atoms with Crippen molar-refractivity contribution in [1.82, 2.24) is 15.3 Å². The van der Waals surface area contributed by atoms with Crippen molar-refractivity contribution in [3.05, 3.63) is 82.3 Å². The number of rotatable bonds is 4. The maximum Gasteiger partial charge on any atom is 0.269 e. The van der Waals surface area contributed by atoms with Crippen LogP contribution >= 0.6 is 0 Å². The lowest BCUT2D eigenvalue weighted by Crippen LogP contribution is -2.27. The van der Waals surface area contributed by atoms with E-state index in [-0.39, 0.29) is 17.5 Å². The third-order valence-corrected chi connectivity index (χ3v) is 5.02. The Balaban J connectivity index is 1.83. The number of aromatic nitrogens is 2. The average molecular weight is 386 g/mol. The van der Waals surface area contributed by atoms with Crippen LogP contribution in [0.15, 0.2) is 48.5 Å². The van der Waals surface area contributed by atoms with E-state index in [9.17, 15) is 9.59 Å². The summed E-state index contributed by atoms with van der Waals surface area (Å²) in [4.78, 5) is 34.9. The van der Waals surface area contributed by atoms with Crippen molar-refractivity contribution in [1.29, 1.82) is 0 Å². The molecule has 1 aliphatic rings. The molecule has 4 rings (SSSR count). The lowest BCUT2D eigenvalue weighted by molar-refractivity contribution is -0.113. The number of hydrogen-bond acceptors (Lipinski definition) is 3. The number of amides is 2. The molecule has 0 aliphatic carbocycles. The Bertz CT molecular complexity index is 1130. The number of hydrogen-bond donors (Lipinski definition) is 2. The summed E-state index contributed by atoms with van der Waals surface area (Å²) in [6, 6.07) is 15.2. The molecule has 2 N–H and O–H groups in total. The van der Waals surface area contributed by atoms with Crippen molar-refractivity contribution in [3.63, 3.8) is 0 Å². The molecule has 3 heterocycles. The summed E-state index contributed by atoms with van der Waals surface area (Å²) >= 11 is 0. The van der Waals surface area contributed by atoms with Crippen molar-refractivity contribution in [2.75, 3.05) is 11.9 Å². The Morgan fingerprint density at radius 3 is 2.59 bits per heavy atom. The van der Waals surface area contributed by atoms with Crippen LogP contribution in [0.5, 0.6) is 0 Å². The number of pyridine rings is 1. The van der Waals surface area contributed by atoms with Gasteiger partial charge in [0.15, 0.2) is 0 Å². The third-order valence-electron chi connectivity index (χ3n) is 5.02. The molecule has 0 radical (unpaired) electrons. The van der Waals surface area contributed by atoms with Gasteiger partial charge in [-0.3, -0.25) is 14.5 Å². The maximum absolute atomic E-state index is 13.3. The van der Waals surface area contributed by atoms with Crippen molar-refractivity contribution >= 4 is 29.3 Å². The van der Waals surface area contributed by atoms with Gasteiger partial charge >= 0.3 is 0 Å². The summed E-state index contributed by atoms with van der Waals surface area (Å²) in [5.41, 5.74) is 5.57. The molecule has 0 saturated carbocycles. The molecule has 0 unspecified atom stereocenters. The van der Waals surface area contributed by atoms with Crippen LogP contribution in [0.25, 0.3) is 11.6 Å². The zero-order valence-corrected chi connectivity index (χ0v) is 16.6. The number of nitrogens with zero attached hydrogens (tertiary/aromatic N) is 2. The Labute approximate surface area is 169 Å². The van der Waals surface area contributed by atoms with E-state index < -0.39 is 0 Å². The van der Waals surface area contributed by atoms with E-state index in [1.165, 1.54) is 0 Å². The zero-order valence-electron chi connectivity index (χ0n) is 16.6. The molecule has 2 aromatic heterocycles. The first kappa shape index (κ1) is 18.7. The predicted octanol–water partition coefficient (Wildman–Crippen LogP) is 3.47. The summed E-state index contributed by atoms with van der Waals surface area (Å²) in [6.07, 6.45) is 1.87. The number of anilines is 1. The number of aromatic amines is 1. The van der Waals surface area contributed by atoms with Crippen molar-refractivity contribution < 1.29 is 9.59 Å². The predicted molar refractivity (Wildman–Crippen MR) is 113 cm³/mol. The number of benzene rings is 1. The van der Waals surface area contributed by atoms with Crippen LogP contribution in [0.2, 0.25) is 0 Å². The van der Waals surface area contributed by atoms with Crippen molar-refractivity contribution in [2.45, 2.75) is 20.4 Å². The molecule has 2 amide bonds. The molecule has 0 fully saturated rings. The molecule has 29 heavy (non-hydrogen) atoms. The van der Waals surface area contributed by atoms with Gasteiger partial charge < -0.3 is 10.3 Å². The molecule has 146 valence electrons. The second kappa shape index (κ2) is 7.39. The fraction of sp³-hybridized carbons (Fsp3) is 0.174. The van der Waals surface area contributed by atoms with E-state index in [4.69, 9.17) is 0 Å². The normalized spacial score (nSPS) is 14.4. The minimum absolute atomic E-state index is 0.128. The van der Waals surface area contributed by atoms with E-state index in [1.54, 1.807) is 24.1 Å². The summed E-state index contributed by atoms with van der Waals surface area (Å²) in [6.45, 7) is 4.38. The molecule has 6 nitrogen and oxygen atoms in total. The highest BCUT2D eigenvalue weighted by molar-refractivity contribution is 6.35. The van der Waals surface area contributed by atoms with Crippen LogP contribution in [0.3, 0.4) is 0 Å². The Hall–Kier alpha value is -3.67. The second-order valence-electron chi connectivity index (χ2n) is 7.13. The Morgan fingerprint density at radius 2 is 1.93 bits per heavy atom. The van der Waals surface area contributed by atoms with E-state index in [0.717, 1.165) is 28.1 Å². The minimum atomic E-state index is -0.284. The van der Waals surface area contributed by atoms with Crippen LogP contribution < -0.4 is 10.2 Å². The summed E-state index contributed by atoms with van der Waals surface area (Å²) < 4.78 is 0.